The molecule has 0 bridgehead atoms. The molecule has 5 nitrogen and oxygen atoms in total. The number of halogens is 1. The van der Waals surface area contributed by atoms with Gasteiger partial charge >= 0.3 is 0 Å². The number of aromatic nitrogens is 1. The minimum Gasteiger partial charge on any atom is -0.383 e. The van der Waals surface area contributed by atoms with E-state index in [1.165, 1.54) is 16.6 Å². The van der Waals surface area contributed by atoms with E-state index in [0.717, 1.165) is 25.7 Å². The van der Waals surface area contributed by atoms with E-state index < -0.39 is 10.0 Å². The molecule has 0 unspecified atom stereocenters. The van der Waals surface area contributed by atoms with Gasteiger partial charge < -0.3 is 5.73 Å². The molecule has 1 aromatic rings. The molecule has 2 heterocycles. The van der Waals surface area contributed by atoms with Crippen LogP contribution in [0.3, 0.4) is 0 Å². The first kappa shape index (κ1) is 16.7. The lowest BCUT2D eigenvalue weighted by atomic mass is 9.75. The maximum atomic E-state index is 12.7. The van der Waals surface area contributed by atoms with Crippen molar-refractivity contribution in [2.24, 2.45) is 5.41 Å². The molecule has 2 rings (SSSR count). The fourth-order valence-electron chi connectivity index (χ4n) is 2.93. The summed E-state index contributed by atoms with van der Waals surface area (Å²) in [6.45, 7) is 5.47. The zero-order valence-electron chi connectivity index (χ0n) is 12.5. The highest BCUT2D eigenvalue weighted by Crippen LogP contribution is 2.39. The van der Waals surface area contributed by atoms with E-state index in [1.54, 1.807) is 0 Å². The summed E-state index contributed by atoms with van der Waals surface area (Å²) in [5.41, 5.74) is 6.03. The molecule has 0 atom stereocenters. The highest BCUT2D eigenvalue weighted by molar-refractivity contribution is 9.10. The lowest BCUT2D eigenvalue weighted by molar-refractivity contribution is 0.141. The zero-order valence-corrected chi connectivity index (χ0v) is 14.9. The summed E-state index contributed by atoms with van der Waals surface area (Å²) in [5.74, 6) is 0.0565. The monoisotopic (exact) mass is 375 g/mol. The number of nitrogens with two attached hydrogens (primary N) is 1. The largest absolute Gasteiger partial charge is 0.383 e. The van der Waals surface area contributed by atoms with Crippen LogP contribution in [0.1, 0.15) is 39.5 Å². The Bertz CT molecular complexity index is 605. The van der Waals surface area contributed by atoms with Gasteiger partial charge in [0.2, 0.25) is 10.0 Å². The lowest BCUT2D eigenvalue weighted by Gasteiger charge is -2.40. The molecule has 0 aliphatic carbocycles. The van der Waals surface area contributed by atoms with E-state index in [2.05, 4.69) is 34.8 Å². The van der Waals surface area contributed by atoms with E-state index in [0.29, 0.717) is 17.6 Å². The summed E-state index contributed by atoms with van der Waals surface area (Å²) in [4.78, 5) is 4.02. The average molecular weight is 376 g/mol. The second-order valence-electron chi connectivity index (χ2n) is 5.65. The van der Waals surface area contributed by atoms with Crippen LogP contribution in [0.4, 0.5) is 5.82 Å². The number of piperidine rings is 1. The quantitative estimate of drug-likeness (QED) is 0.877. The zero-order chi connectivity index (χ0) is 15.7. The summed E-state index contributed by atoms with van der Waals surface area (Å²) in [6, 6.07) is 1.53. The number of sulfonamides is 1. The van der Waals surface area contributed by atoms with Crippen molar-refractivity contribution >= 4 is 31.8 Å². The molecular formula is C14H22BrN3O2S. The molecule has 1 aromatic heterocycles. The third-order valence-corrected chi connectivity index (χ3v) is 7.11. The highest BCUT2D eigenvalue weighted by Gasteiger charge is 2.37. The third-order valence-electron chi connectivity index (χ3n) is 4.75. The number of rotatable bonds is 4. The summed E-state index contributed by atoms with van der Waals surface area (Å²) >= 11 is 3.25. The molecule has 1 aliphatic rings. The number of pyridine rings is 1. The molecule has 2 N–H and O–H groups in total. The minimum absolute atomic E-state index is 0.0565. The van der Waals surface area contributed by atoms with Crippen LogP contribution < -0.4 is 5.73 Å². The Hall–Kier alpha value is -0.660. The fourth-order valence-corrected chi connectivity index (χ4v) is 4.95. The SMILES string of the molecule is CCC1(CC)CCN(S(=O)(=O)c2cc(Br)cnc2N)CC1. The van der Waals surface area contributed by atoms with Crippen LogP contribution in [0.5, 0.6) is 0 Å². The first-order chi connectivity index (χ1) is 9.84. The van der Waals surface area contributed by atoms with E-state index >= 15 is 0 Å². The van der Waals surface area contributed by atoms with Gasteiger partial charge in [0.05, 0.1) is 0 Å². The summed E-state index contributed by atoms with van der Waals surface area (Å²) < 4.78 is 27.6. The number of anilines is 1. The number of hydrogen-bond acceptors (Lipinski definition) is 4. The van der Waals surface area contributed by atoms with Crippen molar-refractivity contribution in [3.8, 4) is 0 Å². The Kier molecular flexibility index (Phi) is 4.95. The summed E-state index contributed by atoms with van der Waals surface area (Å²) in [5, 5.41) is 0. The van der Waals surface area contributed by atoms with Crippen LogP contribution in [0, 0.1) is 5.41 Å². The molecular weight excluding hydrogens is 354 g/mol. The van der Waals surface area contributed by atoms with E-state index in [-0.39, 0.29) is 16.1 Å². The molecule has 1 aliphatic heterocycles. The predicted octanol–water partition coefficient (Wildman–Crippen LogP) is 3.02. The van der Waals surface area contributed by atoms with Crippen LogP contribution in [0.15, 0.2) is 21.6 Å². The Balaban J connectivity index is 2.24. The van der Waals surface area contributed by atoms with Crippen molar-refractivity contribution < 1.29 is 8.42 Å². The van der Waals surface area contributed by atoms with Crippen LogP contribution >= 0.6 is 15.9 Å². The van der Waals surface area contributed by atoms with Gasteiger partial charge in [0.1, 0.15) is 10.7 Å². The van der Waals surface area contributed by atoms with Gasteiger partial charge in [-0.05, 0) is 40.3 Å². The van der Waals surface area contributed by atoms with Crippen molar-refractivity contribution in [2.75, 3.05) is 18.8 Å². The molecule has 7 heteroatoms. The molecule has 0 saturated carbocycles. The molecule has 0 spiro atoms. The topological polar surface area (TPSA) is 76.3 Å². The first-order valence-corrected chi connectivity index (χ1v) is 9.49. The lowest BCUT2D eigenvalue weighted by Crippen LogP contribution is -2.43. The second-order valence-corrected chi connectivity index (χ2v) is 8.47. The van der Waals surface area contributed by atoms with Gasteiger partial charge in [-0.3, -0.25) is 0 Å². The normalized spacial score (nSPS) is 19.6. The summed E-state index contributed by atoms with van der Waals surface area (Å²) in [7, 11) is -3.57. The summed E-state index contributed by atoms with van der Waals surface area (Å²) in [6.07, 6.45) is 5.50. The molecule has 118 valence electrons. The number of nitrogens with zero attached hydrogens (tertiary/aromatic N) is 2. The average Bonchev–Trinajstić information content (AvgIpc) is 2.49. The molecule has 0 amide bonds. The van der Waals surface area contributed by atoms with Crippen molar-refractivity contribution in [2.45, 2.75) is 44.4 Å². The molecule has 1 saturated heterocycles. The van der Waals surface area contributed by atoms with Crippen molar-refractivity contribution in [3.63, 3.8) is 0 Å². The van der Waals surface area contributed by atoms with E-state index in [4.69, 9.17) is 5.73 Å². The van der Waals surface area contributed by atoms with Crippen LogP contribution in [-0.4, -0.2) is 30.8 Å². The van der Waals surface area contributed by atoms with Crippen molar-refractivity contribution in [3.05, 3.63) is 16.7 Å². The van der Waals surface area contributed by atoms with Crippen LogP contribution in [0.2, 0.25) is 0 Å². The van der Waals surface area contributed by atoms with Gasteiger partial charge in [0.25, 0.3) is 0 Å². The number of hydrogen-bond donors (Lipinski definition) is 1. The van der Waals surface area contributed by atoms with Gasteiger partial charge in [-0.25, -0.2) is 13.4 Å². The van der Waals surface area contributed by atoms with Gasteiger partial charge in [-0.15, -0.1) is 0 Å². The van der Waals surface area contributed by atoms with Gasteiger partial charge in [-0.1, -0.05) is 26.7 Å². The Labute approximate surface area is 135 Å². The van der Waals surface area contributed by atoms with Gasteiger partial charge in [0, 0.05) is 23.8 Å². The van der Waals surface area contributed by atoms with E-state index in [9.17, 15) is 8.42 Å². The Morgan fingerprint density at radius 1 is 1.33 bits per heavy atom. The van der Waals surface area contributed by atoms with E-state index in [1.807, 2.05) is 0 Å². The first-order valence-electron chi connectivity index (χ1n) is 7.26. The highest BCUT2D eigenvalue weighted by atomic mass is 79.9. The standard InChI is InChI=1S/C14H22BrN3O2S/c1-3-14(4-2)5-7-18(8-6-14)21(19,20)12-9-11(15)10-17-13(12)16/h9-10H,3-8H2,1-2H3,(H2,16,17). The molecule has 21 heavy (non-hydrogen) atoms. The van der Waals surface area contributed by atoms with Crippen molar-refractivity contribution in [1.29, 1.82) is 0 Å². The molecule has 1 fully saturated rings. The predicted molar refractivity (Wildman–Crippen MR) is 87.4 cm³/mol. The molecule has 0 aromatic carbocycles. The van der Waals surface area contributed by atoms with Crippen LogP contribution in [0.25, 0.3) is 0 Å². The van der Waals surface area contributed by atoms with Crippen molar-refractivity contribution in [1.82, 2.24) is 9.29 Å². The maximum absolute atomic E-state index is 12.7. The Morgan fingerprint density at radius 2 is 1.90 bits per heavy atom. The molecule has 0 radical (unpaired) electrons. The van der Waals surface area contributed by atoms with Gasteiger partial charge in [0.15, 0.2) is 0 Å². The second kappa shape index (κ2) is 6.22. The maximum Gasteiger partial charge on any atom is 0.246 e. The number of nitrogen functional groups attached to an aromatic ring is 1. The smallest absolute Gasteiger partial charge is 0.246 e. The van der Waals surface area contributed by atoms with Crippen LogP contribution in [-0.2, 0) is 10.0 Å². The third kappa shape index (κ3) is 3.24. The fraction of sp³-hybridized carbons (Fsp3) is 0.643. The minimum atomic E-state index is -3.57. The van der Waals surface area contributed by atoms with Gasteiger partial charge in [-0.2, -0.15) is 4.31 Å². The Morgan fingerprint density at radius 3 is 2.43 bits per heavy atom.